The van der Waals surface area contributed by atoms with E-state index >= 15 is 0 Å². The van der Waals surface area contributed by atoms with Crippen molar-refractivity contribution in [3.05, 3.63) is 5.69 Å². The van der Waals surface area contributed by atoms with Crippen LogP contribution in [0.4, 0.5) is 5.82 Å². The molecule has 0 unspecified atom stereocenters. The molecule has 1 rings (SSSR count). The molecule has 1 heterocycles. The summed E-state index contributed by atoms with van der Waals surface area (Å²) in [6, 6.07) is 0. The van der Waals surface area contributed by atoms with Crippen LogP contribution >= 0.6 is 0 Å². The third-order valence-electron chi connectivity index (χ3n) is 1.35. The monoisotopic (exact) mass is 200 g/mol. The highest BCUT2D eigenvalue weighted by atomic mass is 16.6. The summed E-state index contributed by atoms with van der Waals surface area (Å²) in [5.74, 6) is -1.74. The predicted octanol–water partition coefficient (Wildman–Crippen LogP) is -1.14. The number of rotatable bonds is 4. The van der Waals surface area contributed by atoms with E-state index < -0.39 is 11.9 Å². The fourth-order valence-electron chi connectivity index (χ4n) is 0.720. The second kappa shape index (κ2) is 4.21. The van der Waals surface area contributed by atoms with Crippen LogP contribution in [0.5, 0.6) is 0 Å². The summed E-state index contributed by atoms with van der Waals surface area (Å²) in [5.41, 5.74) is 5.09. The van der Waals surface area contributed by atoms with E-state index in [9.17, 15) is 9.59 Å². The lowest BCUT2D eigenvalue weighted by Gasteiger charge is -1.98. The third kappa shape index (κ3) is 2.44. The van der Waals surface area contributed by atoms with Crippen molar-refractivity contribution in [2.75, 3.05) is 12.3 Å². The molecule has 14 heavy (non-hydrogen) atoms. The maximum absolute atomic E-state index is 11.2. The number of nitrogen functional groups attached to an aromatic ring is 1. The van der Waals surface area contributed by atoms with E-state index in [1.807, 2.05) is 0 Å². The van der Waals surface area contributed by atoms with Gasteiger partial charge in [-0.3, -0.25) is 9.59 Å². The topological polar surface area (TPSA) is 131 Å². The van der Waals surface area contributed by atoms with Gasteiger partial charge in [-0.2, -0.15) is 0 Å². The van der Waals surface area contributed by atoms with E-state index in [2.05, 4.69) is 20.3 Å². The fourth-order valence-corrected chi connectivity index (χ4v) is 0.720. The number of amides is 1. The van der Waals surface area contributed by atoms with Crippen LogP contribution in [0, 0.1) is 0 Å². The van der Waals surface area contributed by atoms with Gasteiger partial charge in [0.2, 0.25) is 11.5 Å². The summed E-state index contributed by atoms with van der Waals surface area (Å²) in [6.07, 6.45) is -0.170. The Morgan fingerprint density at radius 2 is 2.21 bits per heavy atom. The zero-order valence-electron chi connectivity index (χ0n) is 7.06. The molecule has 0 saturated heterocycles. The number of carbonyl (C=O) groups is 2. The molecule has 0 saturated carbocycles. The van der Waals surface area contributed by atoms with Crippen LogP contribution in [-0.2, 0) is 4.79 Å². The summed E-state index contributed by atoms with van der Waals surface area (Å²) >= 11 is 0. The molecule has 0 spiro atoms. The molecule has 0 fully saturated rings. The van der Waals surface area contributed by atoms with Gasteiger partial charge in [0.05, 0.1) is 6.42 Å². The lowest BCUT2D eigenvalue weighted by atomic mass is 10.3. The molecule has 8 heteroatoms. The van der Waals surface area contributed by atoms with Crippen molar-refractivity contribution < 1.29 is 19.3 Å². The largest absolute Gasteiger partial charge is 0.481 e. The van der Waals surface area contributed by atoms with Crippen LogP contribution in [-0.4, -0.2) is 33.8 Å². The molecular weight excluding hydrogens is 192 g/mol. The van der Waals surface area contributed by atoms with Crippen molar-refractivity contribution >= 4 is 17.7 Å². The molecule has 0 aliphatic heterocycles. The highest BCUT2D eigenvalue weighted by molar-refractivity contribution is 5.96. The fraction of sp³-hybridized carbons (Fsp3) is 0.333. The number of nitrogens with two attached hydrogens (primary N) is 1. The smallest absolute Gasteiger partial charge is 0.305 e. The Balaban J connectivity index is 2.44. The molecule has 0 bridgehead atoms. The zero-order chi connectivity index (χ0) is 10.6. The van der Waals surface area contributed by atoms with Gasteiger partial charge in [-0.25, -0.2) is 4.63 Å². The van der Waals surface area contributed by atoms with Gasteiger partial charge in [0.15, 0.2) is 0 Å². The van der Waals surface area contributed by atoms with Crippen molar-refractivity contribution in [1.82, 2.24) is 15.6 Å². The number of carboxylic acid groups (broad SMARTS) is 1. The number of carboxylic acids is 1. The molecule has 1 aromatic rings. The average Bonchev–Trinajstić information content (AvgIpc) is 2.50. The average molecular weight is 200 g/mol. The standard InChI is InChI=1S/C6H8N4O4/c7-5-4(9-14-10-5)6(13)8-2-1-3(11)12/h1-2H2,(H2,7,10)(H,8,13)(H,11,12). The molecule has 4 N–H and O–H groups in total. The summed E-state index contributed by atoms with van der Waals surface area (Å²) in [6.45, 7) is 0.000463. The lowest BCUT2D eigenvalue weighted by molar-refractivity contribution is -0.136. The highest BCUT2D eigenvalue weighted by Crippen LogP contribution is 2.02. The molecule has 8 nitrogen and oxygen atoms in total. The van der Waals surface area contributed by atoms with Crippen molar-refractivity contribution in [3.63, 3.8) is 0 Å². The van der Waals surface area contributed by atoms with Crippen molar-refractivity contribution in [2.45, 2.75) is 6.42 Å². The SMILES string of the molecule is Nc1nonc1C(=O)NCCC(=O)O. The van der Waals surface area contributed by atoms with Crippen molar-refractivity contribution in [3.8, 4) is 0 Å². The van der Waals surface area contributed by atoms with Crippen LogP contribution in [0.15, 0.2) is 4.63 Å². The first-order chi connectivity index (χ1) is 6.61. The number of anilines is 1. The van der Waals surface area contributed by atoms with Gasteiger partial charge in [-0.05, 0) is 10.3 Å². The maximum atomic E-state index is 11.2. The second-order valence-corrected chi connectivity index (χ2v) is 2.40. The number of aromatic nitrogens is 2. The number of hydrogen-bond acceptors (Lipinski definition) is 6. The van der Waals surface area contributed by atoms with Crippen LogP contribution in [0.25, 0.3) is 0 Å². The van der Waals surface area contributed by atoms with Crippen LogP contribution in [0.3, 0.4) is 0 Å². The van der Waals surface area contributed by atoms with Gasteiger partial charge < -0.3 is 16.2 Å². The number of carbonyl (C=O) groups excluding carboxylic acids is 1. The van der Waals surface area contributed by atoms with E-state index in [4.69, 9.17) is 10.8 Å². The van der Waals surface area contributed by atoms with Crippen LogP contribution in [0.1, 0.15) is 16.9 Å². The molecule has 0 aromatic carbocycles. The normalized spacial score (nSPS) is 9.71. The molecule has 76 valence electrons. The van der Waals surface area contributed by atoms with E-state index in [0.717, 1.165) is 0 Å². The van der Waals surface area contributed by atoms with Crippen molar-refractivity contribution in [1.29, 1.82) is 0 Å². The van der Waals surface area contributed by atoms with E-state index in [1.165, 1.54) is 0 Å². The summed E-state index contributed by atoms with van der Waals surface area (Å²) in [4.78, 5) is 21.3. The molecule has 0 radical (unpaired) electrons. The first-order valence-electron chi connectivity index (χ1n) is 3.69. The third-order valence-corrected chi connectivity index (χ3v) is 1.35. The van der Waals surface area contributed by atoms with Gasteiger partial charge in [-0.1, -0.05) is 0 Å². The lowest BCUT2D eigenvalue weighted by Crippen LogP contribution is -2.26. The van der Waals surface area contributed by atoms with Gasteiger partial charge >= 0.3 is 5.97 Å². The second-order valence-electron chi connectivity index (χ2n) is 2.40. The Morgan fingerprint density at radius 1 is 1.50 bits per heavy atom. The minimum Gasteiger partial charge on any atom is -0.481 e. The van der Waals surface area contributed by atoms with E-state index in [1.54, 1.807) is 0 Å². The molecule has 1 amide bonds. The van der Waals surface area contributed by atoms with Crippen LogP contribution in [0.2, 0.25) is 0 Å². The minimum absolute atomic E-state index is 0.000463. The van der Waals surface area contributed by atoms with Gasteiger partial charge in [0.1, 0.15) is 0 Å². The van der Waals surface area contributed by atoms with Crippen molar-refractivity contribution in [2.24, 2.45) is 0 Å². The van der Waals surface area contributed by atoms with Gasteiger partial charge in [-0.15, -0.1) is 0 Å². The van der Waals surface area contributed by atoms with E-state index in [0.29, 0.717) is 0 Å². The molecule has 0 atom stereocenters. The Kier molecular flexibility index (Phi) is 3.00. The molecular formula is C6H8N4O4. The Bertz CT molecular complexity index is 347. The molecule has 0 aliphatic carbocycles. The maximum Gasteiger partial charge on any atom is 0.305 e. The quantitative estimate of drug-likeness (QED) is 0.559. The van der Waals surface area contributed by atoms with Gasteiger partial charge in [0, 0.05) is 6.54 Å². The highest BCUT2D eigenvalue weighted by Gasteiger charge is 2.15. The molecule has 0 aliphatic rings. The first kappa shape index (κ1) is 9.96. The van der Waals surface area contributed by atoms with Gasteiger partial charge in [0.25, 0.3) is 5.91 Å². The summed E-state index contributed by atoms with van der Waals surface area (Å²) in [5, 5.41) is 17.0. The summed E-state index contributed by atoms with van der Waals surface area (Å²) in [7, 11) is 0. The molecule has 1 aromatic heterocycles. The first-order valence-corrected chi connectivity index (χ1v) is 3.69. The number of nitrogens with zero attached hydrogens (tertiary/aromatic N) is 2. The van der Waals surface area contributed by atoms with Crippen LogP contribution < -0.4 is 11.1 Å². The minimum atomic E-state index is -1.00. The number of nitrogens with one attached hydrogen (secondary N) is 1. The Labute approximate surface area is 78.0 Å². The summed E-state index contributed by atoms with van der Waals surface area (Å²) < 4.78 is 4.19. The predicted molar refractivity (Wildman–Crippen MR) is 43.3 cm³/mol. The number of aliphatic carboxylic acids is 1. The zero-order valence-corrected chi connectivity index (χ0v) is 7.06. The number of hydrogen-bond donors (Lipinski definition) is 3. The Hall–Kier alpha value is -2.12. The van der Waals surface area contributed by atoms with E-state index in [-0.39, 0.29) is 24.5 Å². The Morgan fingerprint density at radius 3 is 2.71 bits per heavy atom.